The molecule has 2 heteroatoms. The average Bonchev–Trinajstić information content (AvgIpc) is 2.64. The molecular weight excluding hydrogens is 196 g/mol. The molecule has 1 saturated carbocycles. The van der Waals surface area contributed by atoms with Crippen LogP contribution >= 0.6 is 0 Å². The van der Waals surface area contributed by atoms with Gasteiger partial charge in [0.2, 0.25) is 0 Å². The highest BCUT2D eigenvalue weighted by Crippen LogP contribution is 2.67. The van der Waals surface area contributed by atoms with Crippen LogP contribution in [0.2, 0.25) is 0 Å². The molecule has 2 aliphatic rings. The third-order valence-corrected chi connectivity index (χ3v) is 5.56. The van der Waals surface area contributed by atoms with Gasteiger partial charge in [0, 0.05) is 0 Å². The van der Waals surface area contributed by atoms with Crippen molar-refractivity contribution in [3.8, 4) is 0 Å². The molecule has 16 heavy (non-hydrogen) atoms. The van der Waals surface area contributed by atoms with Crippen LogP contribution in [0.5, 0.6) is 0 Å². The third kappa shape index (κ3) is 2.14. The molecule has 1 atom stereocenters. The zero-order chi connectivity index (χ0) is 11.8. The van der Waals surface area contributed by atoms with Crippen molar-refractivity contribution in [1.82, 2.24) is 10.6 Å². The molecule has 94 valence electrons. The highest BCUT2D eigenvalue weighted by molar-refractivity contribution is 5.12. The quantitative estimate of drug-likeness (QED) is 0.700. The lowest BCUT2D eigenvalue weighted by Gasteiger charge is -2.09. The maximum absolute atomic E-state index is 3.66. The number of hydrogen-bond acceptors (Lipinski definition) is 2. The summed E-state index contributed by atoms with van der Waals surface area (Å²) >= 11 is 0. The summed E-state index contributed by atoms with van der Waals surface area (Å²) in [6.45, 7) is 14.5. The largest absolute Gasteiger partial charge is 0.316 e. The van der Waals surface area contributed by atoms with Crippen molar-refractivity contribution in [3.05, 3.63) is 0 Å². The summed E-state index contributed by atoms with van der Waals surface area (Å²) in [5.41, 5.74) is 1.07. The summed E-state index contributed by atoms with van der Waals surface area (Å²) in [7, 11) is 0. The van der Waals surface area contributed by atoms with E-state index in [2.05, 4.69) is 38.3 Å². The maximum Gasteiger partial charge on any atom is -0.000989 e. The fourth-order valence-corrected chi connectivity index (χ4v) is 3.36. The van der Waals surface area contributed by atoms with Gasteiger partial charge in [-0.05, 0) is 61.7 Å². The van der Waals surface area contributed by atoms with Crippen molar-refractivity contribution in [2.24, 2.45) is 22.7 Å². The van der Waals surface area contributed by atoms with Crippen LogP contribution in [0.1, 0.15) is 40.5 Å². The van der Waals surface area contributed by atoms with Gasteiger partial charge in [-0.2, -0.15) is 0 Å². The summed E-state index contributed by atoms with van der Waals surface area (Å²) in [6, 6.07) is 0. The zero-order valence-electron chi connectivity index (χ0n) is 11.4. The molecule has 1 aliphatic carbocycles. The van der Waals surface area contributed by atoms with Crippen LogP contribution in [-0.2, 0) is 0 Å². The Hall–Kier alpha value is -0.0800. The SMILES string of the molecule is CC1(C)C(CNCCC2CCNC2)C1(C)C. The first kappa shape index (κ1) is 12.4. The van der Waals surface area contributed by atoms with Gasteiger partial charge in [-0.3, -0.25) is 0 Å². The van der Waals surface area contributed by atoms with E-state index < -0.39 is 0 Å². The first-order valence-electron chi connectivity index (χ1n) is 6.87. The van der Waals surface area contributed by atoms with Crippen molar-refractivity contribution in [2.45, 2.75) is 40.5 Å². The Kier molecular flexibility index (Phi) is 3.33. The van der Waals surface area contributed by atoms with Crippen LogP contribution < -0.4 is 10.6 Å². The molecule has 2 rings (SSSR count). The Labute approximate surface area is 101 Å². The zero-order valence-corrected chi connectivity index (χ0v) is 11.4. The minimum Gasteiger partial charge on any atom is -0.316 e. The molecule has 1 saturated heterocycles. The van der Waals surface area contributed by atoms with E-state index in [0.717, 1.165) is 11.8 Å². The minimum absolute atomic E-state index is 0.537. The first-order chi connectivity index (χ1) is 7.46. The summed E-state index contributed by atoms with van der Waals surface area (Å²) < 4.78 is 0. The molecule has 0 radical (unpaired) electrons. The van der Waals surface area contributed by atoms with Crippen molar-refractivity contribution < 1.29 is 0 Å². The fourth-order valence-electron chi connectivity index (χ4n) is 3.36. The van der Waals surface area contributed by atoms with Gasteiger partial charge in [0.15, 0.2) is 0 Å². The van der Waals surface area contributed by atoms with Gasteiger partial charge in [0.05, 0.1) is 0 Å². The minimum atomic E-state index is 0.537. The lowest BCUT2D eigenvalue weighted by Crippen LogP contribution is -2.23. The van der Waals surface area contributed by atoms with E-state index in [0.29, 0.717) is 10.8 Å². The number of rotatable bonds is 5. The number of nitrogens with one attached hydrogen (secondary N) is 2. The predicted octanol–water partition coefficient (Wildman–Crippen LogP) is 2.26. The summed E-state index contributed by atoms with van der Waals surface area (Å²) in [5, 5.41) is 7.09. The molecule has 0 amide bonds. The molecule has 0 aromatic rings. The van der Waals surface area contributed by atoms with Crippen LogP contribution in [0.15, 0.2) is 0 Å². The van der Waals surface area contributed by atoms with Crippen molar-refractivity contribution in [3.63, 3.8) is 0 Å². The van der Waals surface area contributed by atoms with Gasteiger partial charge in [0.1, 0.15) is 0 Å². The second kappa shape index (κ2) is 4.30. The normalized spacial score (nSPS) is 31.9. The summed E-state index contributed by atoms with van der Waals surface area (Å²) in [4.78, 5) is 0. The monoisotopic (exact) mass is 224 g/mol. The fraction of sp³-hybridized carbons (Fsp3) is 1.00. The Morgan fingerprint density at radius 1 is 1.19 bits per heavy atom. The molecule has 1 aliphatic heterocycles. The van der Waals surface area contributed by atoms with E-state index in [4.69, 9.17) is 0 Å². The second-order valence-corrected chi connectivity index (χ2v) is 6.85. The van der Waals surface area contributed by atoms with Crippen molar-refractivity contribution in [1.29, 1.82) is 0 Å². The molecule has 2 N–H and O–H groups in total. The maximum atomic E-state index is 3.66. The molecule has 2 fully saturated rings. The van der Waals surface area contributed by atoms with Crippen LogP contribution in [0.3, 0.4) is 0 Å². The summed E-state index contributed by atoms with van der Waals surface area (Å²) in [5.74, 6) is 1.79. The van der Waals surface area contributed by atoms with E-state index in [-0.39, 0.29) is 0 Å². The van der Waals surface area contributed by atoms with Crippen molar-refractivity contribution >= 4 is 0 Å². The van der Waals surface area contributed by atoms with E-state index in [9.17, 15) is 0 Å². The number of hydrogen-bond donors (Lipinski definition) is 2. The Morgan fingerprint density at radius 2 is 1.88 bits per heavy atom. The highest BCUT2D eigenvalue weighted by Gasteiger charge is 2.63. The third-order valence-electron chi connectivity index (χ3n) is 5.56. The molecular formula is C14H28N2. The average molecular weight is 224 g/mol. The molecule has 1 unspecified atom stereocenters. The Bertz CT molecular complexity index is 225. The Morgan fingerprint density at radius 3 is 2.38 bits per heavy atom. The van der Waals surface area contributed by atoms with Gasteiger partial charge < -0.3 is 10.6 Å². The van der Waals surface area contributed by atoms with Crippen LogP contribution in [0.4, 0.5) is 0 Å². The van der Waals surface area contributed by atoms with Crippen LogP contribution in [0, 0.1) is 22.7 Å². The van der Waals surface area contributed by atoms with E-state index >= 15 is 0 Å². The summed E-state index contributed by atoms with van der Waals surface area (Å²) in [6.07, 6.45) is 2.72. The van der Waals surface area contributed by atoms with Gasteiger partial charge in [-0.15, -0.1) is 0 Å². The molecule has 0 spiro atoms. The topological polar surface area (TPSA) is 24.1 Å². The first-order valence-corrected chi connectivity index (χ1v) is 6.87. The molecule has 0 aromatic carbocycles. The van der Waals surface area contributed by atoms with E-state index in [1.807, 2.05) is 0 Å². The smallest absolute Gasteiger partial charge is 0.000989 e. The molecule has 2 nitrogen and oxygen atoms in total. The van der Waals surface area contributed by atoms with Gasteiger partial charge in [-0.25, -0.2) is 0 Å². The molecule has 0 bridgehead atoms. The highest BCUT2D eigenvalue weighted by atomic mass is 14.9. The standard InChI is InChI=1S/C14H28N2/c1-13(2)12(14(13,3)4)10-16-8-6-11-5-7-15-9-11/h11-12,15-16H,5-10H2,1-4H3. The van der Waals surface area contributed by atoms with E-state index in [1.54, 1.807) is 0 Å². The van der Waals surface area contributed by atoms with Gasteiger partial charge in [-0.1, -0.05) is 27.7 Å². The molecule has 1 heterocycles. The lowest BCUT2D eigenvalue weighted by molar-refractivity contribution is 0.457. The van der Waals surface area contributed by atoms with Crippen molar-refractivity contribution in [2.75, 3.05) is 26.2 Å². The van der Waals surface area contributed by atoms with Gasteiger partial charge >= 0.3 is 0 Å². The second-order valence-electron chi connectivity index (χ2n) is 6.85. The Balaban J connectivity index is 1.59. The van der Waals surface area contributed by atoms with E-state index in [1.165, 1.54) is 39.0 Å². The molecule has 0 aromatic heterocycles. The van der Waals surface area contributed by atoms with Crippen LogP contribution in [0.25, 0.3) is 0 Å². The van der Waals surface area contributed by atoms with Crippen LogP contribution in [-0.4, -0.2) is 26.2 Å². The lowest BCUT2D eigenvalue weighted by atomic mass is 10.0. The predicted molar refractivity (Wildman–Crippen MR) is 69.5 cm³/mol. The van der Waals surface area contributed by atoms with Gasteiger partial charge in [0.25, 0.3) is 0 Å².